The van der Waals surface area contributed by atoms with E-state index in [1.165, 1.54) is 7.11 Å². The van der Waals surface area contributed by atoms with Gasteiger partial charge in [0.2, 0.25) is 5.91 Å². The number of halogens is 1. The van der Waals surface area contributed by atoms with E-state index in [1.54, 1.807) is 6.20 Å². The molecular formula is C27H24BrN5O2S. The third kappa shape index (κ3) is 4.90. The van der Waals surface area contributed by atoms with Crippen molar-refractivity contribution < 1.29 is 9.53 Å². The number of thiocarbonyl (C=S) groups is 1. The molecule has 1 saturated heterocycles. The molecule has 1 aliphatic heterocycles. The van der Waals surface area contributed by atoms with Crippen molar-refractivity contribution >= 4 is 50.5 Å². The molecule has 0 spiro atoms. The first-order chi connectivity index (χ1) is 17.5. The van der Waals surface area contributed by atoms with Crippen LogP contribution in [0.4, 0.5) is 11.4 Å². The summed E-state index contributed by atoms with van der Waals surface area (Å²) in [5.41, 5.74) is 4.61. The van der Waals surface area contributed by atoms with Crippen LogP contribution in [0, 0.1) is 0 Å². The second-order valence-electron chi connectivity index (χ2n) is 8.30. The Bertz CT molecular complexity index is 1360. The Balaban J connectivity index is 1.55. The van der Waals surface area contributed by atoms with Crippen LogP contribution in [-0.4, -0.2) is 34.3 Å². The van der Waals surface area contributed by atoms with Gasteiger partial charge in [-0.25, -0.2) is 0 Å². The molecule has 9 heteroatoms. The molecule has 0 unspecified atom stereocenters. The highest BCUT2D eigenvalue weighted by Gasteiger charge is 2.42. The number of hydrogen-bond donors (Lipinski definition) is 2. The van der Waals surface area contributed by atoms with Gasteiger partial charge in [0, 0.05) is 46.7 Å². The van der Waals surface area contributed by atoms with Gasteiger partial charge in [-0.1, -0.05) is 22.0 Å². The first-order valence-corrected chi connectivity index (χ1v) is 12.6. The number of aromatic nitrogens is 2. The molecule has 2 atom stereocenters. The van der Waals surface area contributed by atoms with Gasteiger partial charge in [-0.05, 0) is 85.0 Å². The van der Waals surface area contributed by atoms with E-state index in [0.29, 0.717) is 10.8 Å². The molecule has 1 fully saturated rings. The smallest absolute Gasteiger partial charge is 0.250 e. The number of hydrogen-bond acceptors (Lipinski definition) is 4. The highest BCUT2D eigenvalue weighted by Crippen LogP contribution is 2.42. The van der Waals surface area contributed by atoms with Gasteiger partial charge in [-0.2, -0.15) is 0 Å². The van der Waals surface area contributed by atoms with E-state index < -0.39 is 0 Å². The molecule has 2 aromatic carbocycles. The summed E-state index contributed by atoms with van der Waals surface area (Å²) in [6.07, 6.45) is 3.85. The molecule has 7 nitrogen and oxygen atoms in total. The molecule has 1 amide bonds. The maximum Gasteiger partial charge on any atom is 0.250 e. The minimum absolute atomic E-state index is 0.00274. The van der Waals surface area contributed by atoms with Gasteiger partial charge < -0.3 is 24.8 Å². The topological polar surface area (TPSA) is 71.4 Å². The largest absolute Gasteiger partial charge is 0.375 e. The van der Waals surface area contributed by atoms with E-state index in [9.17, 15) is 4.79 Å². The predicted octanol–water partition coefficient (Wildman–Crippen LogP) is 5.40. The van der Waals surface area contributed by atoms with Crippen molar-refractivity contribution in [3.8, 4) is 5.69 Å². The number of nitrogens with one attached hydrogen (secondary N) is 2. The van der Waals surface area contributed by atoms with Crippen LogP contribution in [0.1, 0.15) is 23.5 Å². The molecule has 3 heterocycles. The van der Waals surface area contributed by atoms with Crippen LogP contribution in [-0.2, 0) is 9.53 Å². The summed E-state index contributed by atoms with van der Waals surface area (Å²) >= 11 is 9.38. The molecule has 2 aromatic heterocycles. The number of nitrogens with zero attached hydrogens (tertiary/aromatic N) is 3. The van der Waals surface area contributed by atoms with Crippen LogP contribution in [0.3, 0.4) is 0 Å². The summed E-state index contributed by atoms with van der Waals surface area (Å²) < 4.78 is 8.10. The zero-order valence-electron chi connectivity index (χ0n) is 19.5. The molecule has 0 bridgehead atoms. The highest BCUT2D eigenvalue weighted by atomic mass is 79.9. The van der Waals surface area contributed by atoms with Gasteiger partial charge in [0.15, 0.2) is 5.11 Å². The van der Waals surface area contributed by atoms with Crippen molar-refractivity contribution in [1.29, 1.82) is 0 Å². The summed E-state index contributed by atoms with van der Waals surface area (Å²) in [6, 6.07) is 25.6. The summed E-state index contributed by atoms with van der Waals surface area (Å²) in [7, 11) is 1.49. The van der Waals surface area contributed by atoms with Crippen molar-refractivity contribution in [1.82, 2.24) is 14.9 Å². The Hall–Kier alpha value is -3.53. The average molecular weight is 562 g/mol. The lowest BCUT2D eigenvalue weighted by molar-refractivity contribution is -0.119. The standard InChI is InChI=1S/C27H24BrN5O2S/c1-35-17-24(34)30-19-9-13-21(14-10-19)33-26(25(31-27(33)36)22-5-2-3-15-29-22)23-6-4-16-32(23)20-11-7-18(28)8-12-20/h2-16,25-26H,17H2,1H3,(H,30,34)(H,31,36)/t25-,26-/m1/s1. The Morgan fingerprint density at radius 2 is 1.81 bits per heavy atom. The molecule has 182 valence electrons. The van der Waals surface area contributed by atoms with Crippen molar-refractivity contribution in [2.45, 2.75) is 12.1 Å². The van der Waals surface area contributed by atoms with Crippen LogP contribution < -0.4 is 15.5 Å². The molecule has 0 radical (unpaired) electrons. The van der Waals surface area contributed by atoms with E-state index in [2.05, 4.69) is 65.4 Å². The fourth-order valence-corrected chi connectivity index (χ4v) is 5.05. The first-order valence-electron chi connectivity index (χ1n) is 11.4. The monoisotopic (exact) mass is 561 g/mol. The lowest BCUT2D eigenvalue weighted by Crippen LogP contribution is -2.30. The van der Waals surface area contributed by atoms with E-state index in [4.69, 9.17) is 17.0 Å². The molecule has 1 aliphatic rings. The first kappa shape index (κ1) is 24.2. The Kier molecular flexibility index (Phi) is 7.13. The Labute approximate surface area is 223 Å². The van der Waals surface area contributed by atoms with Gasteiger partial charge in [0.1, 0.15) is 12.6 Å². The van der Waals surface area contributed by atoms with Crippen LogP contribution in [0.15, 0.2) is 95.7 Å². The Morgan fingerprint density at radius 3 is 2.50 bits per heavy atom. The third-order valence-electron chi connectivity index (χ3n) is 5.99. The van der Waals surface area contributed by atoms with Gasteiger partial charge in [0.25, 0.3) is 0 Å². The number of amides is 1. The van der Waals surface area contributed by atoms with E-state index in [0.717, 1.165) is 27.2 Å². The number of pyridine rings is 1. The normalized spacial score (nSPS) is 17.2. The summed E-state index contributed by atoms with van der Waals surface area (Å²) in [6.45, 7) is 0.00274. The summed E-state index contributed by atoms with van der Waals surface area (Å²) in [5, 5.41) is 6.93. The van der Waals surface area contributed by atoms with Crippen LogP contribution in [0.5, 0.6) is 0 Å². The third-order valence-corrected chi connectivity index (χ3v) is 6.83. The molecule has 36 heavy (non-hydrogen) atoms. The predicted molar refractivity (Wildman–Crippen MR) is 148 cm³/mol. The number of methoxy groups -OCH3 is 1. The number of carbonyl (C=O) groups excluding carboxylic acids is 1. The number of benzene rings is 2. The second-order valence-corrected chi connectivity index (χ2v) is 9.61. The van der Waals surface area contributed by atoms with Crippen molar-refractivity contribution in [2.24, 2.45) is 0 Å². The summed E-state index contributed by atoms with van der Waals surface area (Å²) in [4.78, 5) is 18.7. The van der Waals surface area contributed by atoms with Crippen molar-refractivity contribution in [2.75, 3.05) is 23.9 Å². The molecule has 4 aromatic rings. The molecule has 2 N–H and O–H groups in total. The minimum Gasteiger partial charge on any atom is -0.375 e. The van der Waals surface area contributed by atoms with Gasteiger partial charge in [-0.15, -0.1) is 0 Å². The zero-order valence-corrected chi connectivity index (χ0v) is 21.9. The van der Waals surface area contributed by atoms with Crippen LogP contribution in [0.2, 0.25) is 0 Å². The van der Waals surface area contributed by atoms with E-state index in [-0.39, 0.29) is 24.6 Å². The number of ether oxygens (including phenoxy) is 1. The highest BCUT2D eigenvalue weighted by molar-refractivity contribution is 9.10. The zero-order chi connectivity index (χ0) is 25.1. The SMILES string of the molecule is COCC(=O)Nc1ccc(N2C(=S)N[C@H](c3ccccn3)[C@H]2c2cccn2-c2ccc(Br)cc2)cc1. The molecule has 0 aliphatic carbocycles. The van der Waals surface area contributed by atoms with Gasteiger partial charge in [-0.3, -0.25) is 9.78 Å². The lowest BCUT2D eigenvalue weighted by Gasteiger charge is -2.29. The van der Waals surface area contributed by atoms with Crippen LogP contribution >= 0.6 is 28.1 Å². The lowest BCUT2D eigenvalue weighted by atomic mass is 10.0. The van der Waals surface area contributed by atoms with Crippen LogP contribution in [0.25, 0.3) is 5.69 Å². The van der Waals surface area contributed by atoms with Gasteiger partial charge >= 0.3 is 0 Å². The van der Waals surface area contributed by atoms with Crippen molar-refractivity contribution in [3.05, 3.63) is 107 Å². The van der Waals surface area contributed by atoms with E-state index in [1.807, 2.05) is 60.7 Å². The number of anilines is 2. The van der Waals surface area contributed by atoms with E-state index >= 15 is 0 Å². The number of rotatable bonds is 7. The van der Waals surface area contributed by atoms with Crippen molar-refractivity contribution in [3.63, 3.8) is 0 Å². The number of carbonyl (C=O) groups is 1. The maximum absolute atomic E-state index is 11.9. The fraction of sp³-hybridized carbons (Fsp3) is 0.148. The average Bonchev–Trinajstić information content (AvgIpc) is 3.50. The summed E-state index contributed by atoms with van der Waals surface area (Å²) in [5.74, 6) is -0.205. The molecular weight excluding hydrogens is 538 g/mol. The maximum atomic E-state index is 11.9. The Morgan fingerprint density at radius 1 is 1.06 bits per heavy atom. The van der Waals surface area contributed by atoms with Gasteiger partial charge in [0.05, 0.1) is 11.7 Å². The molecule has 5 rings (SSSR count). The quantitative estimate of drug-likeness (QED) is 0.294. The minimum atomic E-state index is -0.205. The second kappa shape index (κ2) is 10.6. The molecule has 0 saturated carbocycles. The fourth-order valence-electron chi connectivity index (χ4n) is 4.44.